The second kappa shape index (κ2) is 3.94. The summed E-state index contributed by atoms with van der Waals surface area (Å²) < 4.78 is 0. The molecule has 0 rings (SSSR count). The fraction of sp³-hybridized carbons (Fsp3) is 0.875. The molecule has 50 valence electrons. The summed E-state index contributed by atoms with van der Waals surface area (Å²) in [6.45, 7) is 9.00. The van der Waals surface area contributed by atoms with Crippen molar-refractivity contribution >= 4 is 0 Å². The van der Waals surface area contributed by atoms with Gasteiger partial charge in [-0.25, -0.2) is 0 Å². The van der Waals surface area contributed by atoms with Gasteiger partial charge in [0.05, 0.1) is 0 Å². The summed E-state index contributed by atoms with van der Waals surface area (Å²) in [5, 5.41) is 0. The highest BCUT2D eigenvalue weighted by atomic mass is 14.1. The van der Waals surface area contributed by atoms with E-state index in [0.717, 1.165) is 5.92 Å². The summed E-state index contributed by atoms with van der Waals surface area (Å²) >= 11 is 0. The van der Waals surface area contributed by atoms with E-state index in [0.29, 0.717) is 0 Å². The van der Waals surface area contributed by atoms with Crippen LogP contribution in [0, 0.1) is 11.8 Å². The van der Waals surface area contributed by atoms with Gasteiger partial charge in [0, 0.05) is 0 Å². The Kier molecular flexibility index (Phi) is 3.94. The predicted octanol–water partition coefficient (Wildman–Crippen LogP) is 3.04. The van der Waals surface area contributed by atoms with Crippen molar-refractivity contribution in [2.75, 3.05) is 0 Å². The van der Waals surface area contributed by atoms with Crippen molar-refractivity contribution < 1.29 is 0 Å². The number of rotatable bonds is 3. The third-order valence-corrected chi connectivity index (χ3v) is 2.01. The summed E-state index contributed by atoms with van der Waals surface area (Å²) in [7, 11) is 0. The summed E-state index contributed by atoms with van der Waals surface area (Å²) in [5.41, 5.74) is 0. The van der Waals surface area contributed by atoms with Gasteiger partial charge in [0.15, 0.2) is 0 Å². The first-order chi connectivity index (χ1) is 3.72. The molecule has 0 radical (unpaired) electrons. The van der Waals surface area contributed by atoms with E-state index in [1.165, 1.54) is 12.8 Å². The molecule has 0 heteroatoms. The van der Waals surface area contributed by atoms with Crippen LogP contribution in [0.15, 0.2) is 0 Å². The molecule has 1 atom stereocenters. The van der Waals surface area contributed by atoms with Crippen molar-refractivity contribution in [3.8, 4) is 0 Å². The molecule has 0 aliphatic carbocycles. The smallest absolute Gasteiger partial charge is 0.0676 e. The van der Waals surface area contributed by atoms with E-state index in [4.69, 9.17) is 0 Å². The average Bonchev–Trinajstić information content (AvgIpc) is 1.84. The largest absolute Gasteiger partial charge is 0.314 e. The summed E-state index contributed by atoms with van der Waals surface area (Å²) in [4.78, 5) is 0. The minimum atomic E-state index is 0.833. The van der Waals surface area contributed by atoms with Crippen molar-refractivity contribution in [2.24, 2.45) is 5.92 Å². The molecule has 0 spiro atoms. The maximum absolute atomic E-state index is 2.29. The van der Waals surface area contributed by atoms with Gasteiger partial charge in [-0.05, 0) is 0 Å². The fourth-order valence-corrected chi connectivity index (χ4v) is 0.697. The van der Waals surface area contributed by atoms with Crippen molar-refractivity contribution in [3.05, 3.63) is 5.92 Å². The van der Waals surface area contributed by atoms with Crippen LogP contribution in [0.4, 0.5) is 0 Å². The molecule has 0 aromatic rings. The monoisotopic (exact) mass is 113 g/mol. The third-order valence-electron chi connectivity index (χ3n) is 2.01. The Morgan fingerprint density at radius 3 is 2.00 bits per heavy atom. The van der Waals surface area contributed by atoms with E-state index in [9.17, 15) is 0 Å². The topological polar surface area (TPSA) is 0 Å². The van der Waals surface area contributed by atoms with Gasteiger partial charge in [0.1, 0.15) is 0 Å². The van der Waals surface area contributed by atoms with Crippen LogP contribution in [0.1, 0.15) is 40.5 Å². The zero-order valence-corrected chi connectivity index (χ0v) is 6.49. The van der Waals surface area contributed by atoms with Gasteiger partial charge in [-0.1, -0.05) is 27.2 Å². The standard InChI is InChI=1S/C8H17/c1-5-7(3)8(4)6-2/h7H,5-6H2,1-4H3/q-1. The van der Waals surface area contributed by atoms with Gasteiger partial charge < -0.3 is 5.92 Å². The Morgan fingerprint density at radius 1 is 1.38 bits per heavy atom. The normalized spacial score (nSPS) is 14.6. The Balaban J connectivity index is 3.29. The molecule has 0 N–H and O–H groups in total. The van der Waals surface area contributed by atoms with Crippen LogP contribution in [0.25, 0.3) is 0 Å². The van der Waals surface area contributed by atoms with Crippen LogP contribution in [0.2, 0.25) is 0 Å². The lowest BCUT2D eigenvalue weighted by atomic mass is 9.92. The molecule has 0 saturated carbocycles. The summed E-state index contributed by atoms with van der Waals surface area (Å²) in [5.74, 6) is 2.47. The molecular formula is C8H17-. The molecule has 0 nitrogen and oxygen atoms in total. The lowest BCUT2D eigenvalue weighted by Crippen LogP contribution is -2.01. The van der Waals surface area contributed by atoms with E-state index in [-0.39, 0.29) is 0 Å². The molecular weight excluding hydrogens is 96.1 g/mol. The van der Waals surface area contributed by atoms with Gasteiger partial charge in [0.25, 0.3) is 0 Å². The Labute approximate surface area is 53.3 Å². The number of hydrogen-bond donors (Lipinski definition) is 0. The predicted molar refractivity (Wildman–Crippen MR) is 38.7 cm³/mol. The maximum Gasteiger partial charge on any atom is -0.0676 e. The van der Waals surface area contributed by atoms with Crippen LogP contribution in [-0.4, -0.2) is 0 Å². The Bertz CT molecular complexity index is 40.0. The first kappa shape index (κ1) is 8.00. The van der Waals surface area contributed by atoms with Gasteiger partial charge in [0.2, 0.25) is 0 Å². The van der Waals surface area contributed by atoms with Crippen molar-refractivity contribution in [1.82, 2.24) is 0 Å². The second-order valence-corrected chi connectivity index (χ2v) is 2.51. The van der Waals surface area contributed by atoms with E-state index in [1.54, 1.807) is 5.92 Å². The van der Waals surface area contributed by atoms with E-state index in [1.807, 2.05) is 0 Å². The van der Waals surface area contributed by atoms with Gasteiger partial charge in [-0.3, -0.25) is 0 Å². The fourth-order valence-electron chi connectivity index (χ4n) is 0.697. The SMILES string of the molecule is CC[C-](C)C(C)CC. The Hall–Kier alpha value is 0. The summed E-state index contributed by atoms with van der Waals surface area (Å²) in [6, 6.07) is 0. The lowest BCUT2D eigenvalue weighted by Gasteiger charge is -2.29. The average molecular weight is 113 g/mol. The van der Waals surface area contributed by atoms with E-state index in [2.05, 4.69) is 27.7 Å². The molecule has 0 aromatic carbocycles. The van der Waals surface area contributed by atoms with Crippen molar-refractivity contribution in [1.29, 1.82) is 0 Å². The maximum atomic E-state index is 2.29. The first-order valence-corrected chi connectivity index (χ1v) is 3.54. The van der Waals surface area contributed by atoms with Crippen LogP contribution in [0.5, 0.6) is 0 Å². The molecule has 0 bridgehead atoms. The van der Waals surface area contributed by atoms with E-state index >= 15 is 0 Å². The van der Waals surface area contributed by atoms with Crippen LogP contribution >= 0.6 is 0 Å². The van der Waals surface area contributed by atoms with Crippen molar-refractivity contribution in [3.63, 3.8) is 0 Å². The molecule has 8 heavy (non-hydrogen) atoms. The minimum absolute atomic E-state index is 0.833. The third kappa shape index (κ3) is 2.34. The lowest BCUT2D eigenvalue weighted by molar-refractivity contribution is 0.553. The first-order valence-electron chi connectivity index (χ1n) is 3.54. The zero-order chi connectivity index (χ0) is 6.57. The van der Waals surface area contributed by atoms with Gasteiger partial charge in [-0.2, -0.15) is 19.3 Å². The van der Waals surface area contributed by atoms with E-state index < -0.39 is 0 Å². The molecule has 0 fully saturated rings. The van der Waals surface area contributed by atoms with Gasteiger partial charge in [-0.15, -0.1) is 0 Å². The molecule has 0 heterocycles. The Morgan fingerprint density at radius 2 is 1.88 bits per heavy atom. The summed E-state index contributed by atoms with van der Waals surface area (Å²) in [6.07, 6.45) is 2.54. The molecule has 1 unspecified atom stereocenters. The molecule has 0 saturated heterocycles. The second-order valence-electron chi connectivity index (χ2n) is 2.51. The molecule has 0 aliphatic rings. The minimum Gasteiger partial charge on any atom is -0.314 e. The quantitative estimate of drug-likeness (QED) is 0.493. The van der Waals surface area contributed by atoms with Gasteiger partial charge >= 0.3 is 0 Å². The van der Waals surface area contributed by atoms with Crippen LogP contribution < -0.4 is 0 Å². The molecule has 0 aromatic heterocycles. The molecule has 0 amide bonds. The highest BCUT2D eigenvalue weighted by Gasteiger charge is 1.91. The zero-order valence-electron chi connectivity index (χ0n) is 6.49. The molecule has 0 aliphatic heterocycles. The highest BCUT2D eigenvalue weighted by Crippen LogP contribution is 2.18. The van der Waals surface area contributed by atoms with Crippen LogP contribution in [0.3, 0.4) is 0 Å². The van der Waals surface area contributed by atoms with Crippen molar-refractivity contribution in [2.45, 2.75) is 40.5 Å². The number of hydrogen-bond acceptors (Lipinski definition) is 0. The van der Waals surface area contributed by atoms with Crippen LogP contribution in [-0.2, 0) is 0 Å². The highest BCUT2D eigenvalue weighted by molar-refractivity contribution is 4.86.